The summed E-state index contributed by atoms with van der Waals surface area (Å²) >= 11 is 0.840. The minimum absolute atomic E-state index is 0.0290. The van der Waals surface area contributed by atoms with Crippen molar-refractivity contribution in [2.75, 3.05) is 17.6 Å². The van der Waals surface area contributed by atoms with E-state index in [1.165, 1.54) is 11.8 Å². The van der Waals surface area contributed by atoms with Crippen LogP contribution in [0.4, 0.5) is 24.5 Å². The Morgan fingerprint density at radius 1 is 1.15 bits per heavy atom. The van der Waals surface area contributed by atoms with Gasteiger partial charge in [0.1, 0.15) is 9.71 Å². The maximum atomic E-state index is 14.2. The molecular weight excluding hydrogens is 465 g/mol. The van der Waals surface area contributed by atoms with Gasteiger partial charge in [-0.25, -0.2) is 4.98 Å². The first-order chi connectivity index (χ1) is 15.8. The monoisotopic (exact) mass is 490 g/mol. The van der Waals surface area contributed by atoms with Gasteiger partial charge in [0.05, 0.1) is 11.3 Å². The average molecular weight is 491 g/mol. The topological polar surface area (TPSA) is 88.3 Å². The predicted octanol–water partition coefficient (Wildman–Crippen LogP) is 5.35. The molecule has 3 heterocycles. The summed E-state index contributed by atoms with van der Waals surface area (Å²) in [4.78, 5) is 30.6. The van der Waals surface area contributed by atoms with E-state index in [1.54, 1.807) is 12.1 Å². The highest BCUT2D eigenvalue weighted by Crippen LogP contribution is 2.45. The molecule has 6 nitrogen and oxygen atoms in total. The van der Waals surface area contributed by atoms with Gasteiger partial charge in [-0.05, 0) is 23.1 Å². The van der Waals surface area contributed by atoms with E-state index in [4.69, 9.17) is 5.73 Å². The second-order valence-electron chi connectivity index (χ2n) is 9.41. The van der Waals surface area contributed by atoms with Crippen LogP contribution in [0.25, 0.3) is 10.2 Å². The summed E-state index contributed by atoms with van der Waals surface area (Å²) in [5.74, 6) is -0.907. The number of aromatic nitrogens is 1. The van der Waals surface area contributed by atoms with Crippen LogP contribution >= 0.6 is 11.3 Å². The van der Waals surface area contributed by atoms with Gasteiger partial charge in [-0.2, -0.15) is 13.2 Å². The van der Waals surface area contributed by atoms with Crippen molar-refractivity contribution in [2.24, 2.45) is 0 Å². The summed E-state index contributed by atoms with van der Waals surface area (Å²) in [6, 6.07) is 7.27. The SMILES string of the molecule is CC(=O)N1CCc2nc3sc(C(=O)Nc4ccc(C(C)(C)C)cc4)c(N)c3c(C(F)(F)F)c2C1. The number of nitrogen functional groups attached to an aromatic ring is 1. The zero-order valence-electron chi connectivity index (χ0n) is 19.3. The van der Waals surface area contributed by atoms with Crippen molar-refractivity contribution < 1.29 is 22.8 Å². The van der Waals surface area contributed by atoms with Crippen LogP contribution < -0.4 is 11.1 Å². The fourth-order valence-electron chi connectivity index (χ4n) is 4.12. The highest BCUT2D eigenvalue weighted by atomic mass is 32.1. The number of alkyl halides is 3. The Kier molecular flexibility index (Phi) is 5.83. The zero-order chi connectivity index (χ0) is 25.0. The number of nitrogens with zero attached hydrogens (tertiary/aromatic N) is 2. The fraction of sp³-hybridized carbons (Fsp3) is 0.375. The molecule has 0 saturated carbocycles. The Morgan fingerprint density at radius 2 is 1.79 bits per heavy atom. The quantitative estimate of drug-likeness (QED) is 0.507. The number of rotatable bonds is 2. The van der Waals surface area contributed by atoms with Crippen molar-refractivity contribution in [3.8, 4) is 0 Å². The minimum atomic E-state index is -4.73. The molecule has 0 aliphatic carbocycles. The van der Waals surface area contributed by atoms with Crippen LogP contribution in [0.3, 0.4) is 0 Å². The number of thiophene rings is 1. The first kappa shape index (κ1) is 24.0. The smallest absolute Gasteiger partial charge is 0.397 e. The van der Waals surface area contributed by atoms with Crippen LogP contribution in [-0.2, 0) is 29.4 Å². The Balaban J connectivity index is 1.76. The molecule has 2 amide bonds. The van der Waals surface area contributed by atoms with Gasteiger partial charge in [0, 0.05) is 48.8 Å². The van der Waals surface area contributed by atoms with Gasteiger partial charge in [0.15, 0.2) is 0 Å². The van der Waals surface area contributed by atoms with E-state index >= 15 is 0 Å². The highest BCUT2D eigenvalue weighted by Gasteiger charge is 2.41. The van der Waals surface area contributed by atoms with Gasteiger partial charge in [-0.15, -0.1) is 11.3 Å². The van der Waals surface area contributed by atoms with Gasteiger partial charge < -0.3 is 16.0 Å². The summed E-state index contributed by atoms with van der Waals surface area (Å²) in [7, 11) is 0. The number of anilines is 2. The molecule has 180 valence electrons. The van der Waals surface area contributed by atoms with E-state index in [0.717, 1.165) is 16.9 Å². The molecule has 1 aromatic carbocycles. The number of pyridine rings is 1. The number of hydrogen-bond donors (Lipinski definition) is 2. The molecule has 1 aliphatic heterocycles. The molecule has 0 unspecified atom stereocenters. The number of nitrogens with one attached hydrogen (secondary N) is 1. The number of carbonyl (C=O) groups excluding carboxylic acids is 2. The van der Waals surface area contributed by atoms with E-state index in [9.17, 15) is 22.8 Å². The summed E-state index contributed by atoms with van der Waals surface area (Å²) in [6.45, 7) is 7.62. The number of amides is 2. The molecule has 0 bridgehead atoms. The Bertz CT molecular complexity index is 1290. The van der Waals surface area contributed by atoms with E-state index in [-0.39, 0.29) is 62.9 Å². The lowest BCUT2D eigenvalue weighted by atomic mass is 9.87. The van der Waals surface area contributed by atoms with Crippen LogP contribution in [0, 0.1) is 0 Å². The van der Waals surface area contributed by atoms with E-state index in [0.29, 0.717) is 5.69 Å². The Morgan fingerprint density at radius 3 is 2.35 bits per heavy atom. The Hall–Kier alpha value is -3.14. The molecule has 0 fully saturated rings. The summed E-state index contributed by atoms with van der Waals surface area (Å²) in [5, 5.41) is 2.44. The molecule has 2 aromatic heterocycles. The van der Waals surface area contributed by atoms with Crippen molar-refractivity contribution >= 4 is 44.7 Å². The average Bonchev–Trinajstić information content (AvgIpc) is 3.06. The molecule has 4 rings (SSSR count). The maximum absolute atomic E-state index is 14.2. The van der Waals surface area contributed by atoms with Crippen LogP contribution in [0.1, 0.15) is 59.8 Å². The summed E-state index contributed by atoms with van der Waals surface area (Å²) in [5.41, 5.74) is 6.71. The van der Waals surface area contributed by atoms with Gasteiger partial charge in [-0.1, -0.05) is 32.9 Å². The van der Waals surface area contributed by atoms with Gasteiger partial charge in [-0.3, -0.25) is 9.59 Å². The van der Waals surface area contributed by atoms with E-state index in [2.05, 4.69) is 31.1 Å². The zero-order valence-corrected chi connectivity index (χ0v) is 20.1. The number of hydrogen-bond acceptors (Lipinski definition) is 5. The largest absolute Gasteiger partial charge is 0.417 e. The fourth-order valence-corrected chi connectivity index (χ4v) is 5.14. The van der Waals surface area contributed by atoms with Crippen molar-refractivity contribution in [1.82, 2.24) is 9.88 Å². The second-order valence-corrected chi connectivity index (χ2v) is 10.4. The lowest BCUT2D eigenvalue weighted by molar-refractivity contribution is -0.138. The second kappa shape index (κ2) is 8.26. The first-order valence-electron chi connectivity index (χ1n) is 10.8. The van der Waals surface area contributed by atoms with Crippen molar-refractivity contribution in [2.45, 2.75) is 52.3 Å². The van der Waals surface area contributed by atoms with Gasteiger partial charge >= 0.3 is 6.18 Å². The maximum Gasteiger partial charge on any atom is 0.417 e. The lowest BCUT2D eigenvalue weighted by Gasteiger charge is -2.29. The van der Waals surface area contributed by atoms with Crippen molar-refractivity contribution in [3.63, 3.8) is 0 Å². The van der Waals surface area contributed by atoms with E-state index < -0.39 is 17.6 Å². The number of benzene rings is 1. The molecule has 0 atom stereocenters. The first-order valence-corrected chi connectivity index (χ1v) is 11.6. The van der Waals surface area contributed by atoms with Crippen molar-refractivity contribution in [1.29, 1.82) is 0 Å². The summed E-state index contributed by atoms with van der Waals surface area (Å²) < 4.78 is 42.7. The molecule has 3 aromatic rings. The molecule has 3 N–H and O–H groups in total. The minimum Gasteiger partial charge on any atom is -0.397 e. The van der Waals surface area contributed by atoms with Crippen LogP contribution in [0.5, 0.6) is 0 Å². The lowest BCUT2D eigenvalue weighted by Crippen LogP contribution is -2.36. The molecule has 34 heavy (non-hydrogen) atoms. The third-order valence-electron chi connectivity index (χ3n) is 5.97. The standard InChI is InChI=1S/C24H25F3N4O2S/c1-12(32)31-10-9-16-15(11-31)18(24(25,26)27)17-19(28)20(34-22(17)30-16)21(33)29-14-7-5-13(6-8-14)23(2,3)4/h5-8H,9-11,28H2,1-4H3,(H,29,33). The van der Waals surface area contributed by atoms with Crippen LogP contribution in [0.2, 0.25) is 0 Å². The number of halogens is 3. The van der Waals surface area contributed by atoms with Gasteiger partial charge in [0.2, 0.25) is 5.91 Å². The molecule has 0 saturated heterocycles. The number of fused-ring (bicyclic) bond motifs is 2. The molecule has 1 aliphatic rings. The van der Waals surface area contributed by atoms with Gasteiger partial charge in [0.25, 0.3) is 5.91 Å². The van der Waals surface area contributed by atoms with Crippen molar-refractivity contribution in [3.05, 3.63) is 51.5 Å². The van der Waals surface area contributed by atoms with Crippen LogP contribution in [-0.4, -0.2) is 28.2 Å². The predicted molar refractivity (Wildman–Crippen MR) is 127 cm³/mol. The van der Waals surface area contributed by atoms with Crippen LogP contribution in [0.15, 0.2) is 24.3 Å². The molecule has 0 radical (unpaired) electrons. The Labute approximate surface area is 199 Å². The summed E-state index contributed by atoms with van der Waals surface area (Å²) in [6.07, 6.45) is -4.52. The van der Waals surface area contributed by atoms with E-state index in [1.807, 2.05) is 12.1 Å². The molecule has 0 spiro atoms. The third kappa shape index (κ3) is 4.34. The number of carbonyl (C=O) groups is 2. The number of nitrogens with two attached hydrogens (primary N) is 1. The molecule has 10 heteroatoms. The molecular formula is C24H25F3N4O2S. The third-order valence-corrected chi connectivity index (χ3v) is 7.07. The highest BCUT2D eigenvalue weighted by molar-refractivity contribution is 7.21. The normalized spacial score (nSPS) is 14.3.